The fourth-order valence-corrected chi connectivity index (χ4v) is 3.17. The van der Waals surface area contributed by atoms with Gasteiger partial charge in [0.25, 0.3) is 0 Å². The first-order valence-electron chi connectivity index (χ1n) is 8.26. The zero-order chi connectivity index (χ0) is 18.5. The maximum atomic E-state index is 12.4. The molecule has 2 N–H and O–H groups in total. The highest BCUT2D eigenvalue weighted by molar-refractivity contribution is 8.00. The van der Waals surface area contributed by atoms with Crippen LogP contribution < -0.4 is 5.32 Å². The molecule has 1 amide bonds. The summed E-state index contributed by atoms with van der Waals surface area (Å²) in [6, 6.07) is 14.4. The van der Waals surface area contributed by atoms with Crippen molar-refractivity contribution in [2.24, 2.45) is 0 Å². The molecule has 1 atom stereocenters. The Bertz CT molecular complexity index is 888. The van der Waals surface area contributed by atoms with Crippen molar-refractivity contribution in [3.8, 4) is 0 Å². The van der Waals surface area contributed by atoms with E-state index in [1.165, 1.54) is 11.8 Å². The Balaban J connectivity index is 1.60. The Labute approximate surface area is 155 Å². The van der Waals surface area contributed by atoms with Crippen LogP contribution in [0.25, 0.3) is 11.0 Å². The van der Waals surface area contributed by atoms with E-state index in [4.69, 9.17) is 4.74 Å². The number of benzene rings is 2. The smallest absolute Gasteiger partial charge is 0.338 e. The van der Waals surface area contributed by atoms with Gasteiger partial charge in [0.2, 0.25) is 5.91 Å². The second-order valence-corrected chi connectivity index (χ2v) is 6.94. The minimum Gasteiger partial charge on any atom is -0.462 e. The number of anilines is 1. The normalized spacial score (nSPS) is 11.9. The zero-order valence-corrected chi connectivity index (χ0v) is 15.3. The van der Waals surface area contributed by atoms with Crippen molar-refractivity contribution < 1.29 is 14.3 Å². The van der Waals surface area contributed by atoms with E-state index >= 15 is 0 Å². The second-order valence-electron chi connectivity index (χ2n) is 5.61. The number of carbonyl (C=O) groups excluding carboxylic acids is 2. The number of aromatic amines is 1. The van der Waals surface area contributed by atoms with Gasteiger partial charge in [0.05, 0.1) is 28.5 Å². The Morgan fingerprint density at radius 1 is 1.19 bits per heavy atom. The van der Waals surface area contributed by atoms with Crippen LogP contribution in [-0.4, -0.2) is 33.7 Å². The van der Waals surface area contributed by atoms with Crippen molar-refractivity contribution in [2.75, 3.05) is 11.9 Å². The zero-order valence-electron chi connectivity index (χ0n) is 14.5. The quantitative estimate of drug-likeness (QED) is 0.509. The van der Waals surface area contributed by atoms with Crippen molar-refractivity contribution in [2.45, 2.75) is 24.3 Å². The molecule has 0 aliphatic heterocycles. The molecule has 1 unspecified atom stereocenters. The Hall–Kier alpha value is -2.80. The number of esters is 1. The number of carbonyl (C=O) groups is 2. The lowest BCUT2D eigenvalue weighted by molar-refractivity contribution is -0.115. The predicted molar refractivity (Wildman–Crippen MR) is 102 cm³/mol. The molecule has 0 spiro atoms. The van der Waals surface area contributed by atoms with Crippen LogP contribution in [0.4, 0.5) is 5.69 Å². The molecule has 0 aliphatic carbocycles. The summed E-state index contributed by atoms with van der Waals surface area (Å²) in [5, 5.41) is 3.21. The van der Waals surface area contributed by atoms with E-state index in [0.29, 0.717) is 23.0 Å². The number of ether oxygens (including phenoxy) is 1. The maximum absolute atomic E-state index is 12.4. The summed E-state index contributed by atoms with van der Waals surface area (Å²) >= 11 is 1.36. The average molecular weight is 369 g/mol. The third-order valence-electron chi connectivity index (χ3n) is 3.69. The molecule has 3 rings (SSSR count). The molecule has 0 fully saturated rings. The van der Waals surface area contributed by atoms with Gasteiger partial charge in [-0.15, -0.1) is 0 Å². The minimum absolute atomic E-state index is 0.139. The van der Waals surface area contributed by atoms with Gasteiger partial charge in [-0.1, -0.05) is 23.9 Å². The molecule has 0 aliphatic rings. The lowest BCUT2D eigenvalue weighted by atomic mass is 10.2. The highest BCUT2D eigenvalue weighted by Gasteiger charge is 2.17. The number of amides is 1. The number of hydrogen-bond donors (Lipinski definition) is 2. The number of hydrogen-bond acceptors (Lipinski definition) is 5. The number of H-pyrrole nitrogens is 1. The molecule has 2 aromatic carbocycles. The summed E-state index contributed by atoms with van der Waals surface area (Å²) < 4.78 is 4.94. The summed E-state index contributed by atoms with van der Waals surface area (Å²) in [7, 11) is 0. The SMILES string of the molecule is CCOC(=O)c1ccc(NC(=O)C(C)Sc2nc3ccccc3[nH]2)cc1. The van der Waals surface area contributed by atoms with Gasteiger partial charge in [0, 0.05) is 5.69 Å². The van der Waals surface area contributed by atoms with Crippen molar-refractivity contribution in [1.29, 1.82) is 0 Å². The van der Waals surface area contributed by atoms with Crippen LogP contribution in [0.1, 0.15) is 24.2 Å². The Morgan fingerprint density at radius 2 is 1.92 bits per heavy atom. The van der Waals surface area contributed by atoms with Gasteiger partial charge in [-0.3, -0.25) is 4.79 Å². The number of nitrogens with zero attached hydrogens (tertiary/aromatic N) is 1. The van der Waals surface area contributed by atoms with Crippen LogP contribution in [0.15, 0.2) is 53.7 Å². The largest absolute Gasteiger partial charge is 0.462 e. The topological polar surface area (TPSA) is 84.1 Å². The molecule has 0 bridgehead atoms. The molecule has 1 aromatic heterocycles. The van der Waals surface area contributed by atoms with Crippen LogP contribution in [0.5, 0.6) is 0 Å². The first-order valence-corrected chi connectivity index (χ1v) is 9.14. The molecule has 26 heavy (non-hydrogen) atoms. The fourth-order valence-electron chi connectivity index (χ4n) is 2.35. The molecular formula is C19H19N3O3S. The van der Waals surface area contributed by atoms with E-state index < -0.39 is 0 Å². The lowest BCUT2D eigenvalue weighted by Crippen LogP contribution is -2.22. The first kappa shape index (κ1) is 18.0. The van der Waals surface area contributed by atoms with Gasteiger partial charge in [-0.25, -0.2) is 9.78 Å². The molecular weight excluding hydrogens is 350 g/mol. The summed E-state index contributed by atoms with van der Waals surface area (Å²) in [6.07, 6.45) is 0. The highest BCUT2D eigenvalue weighted by Crippen LogP contribution is 2.24. The lowest BCUT2D eigenvalue weighted by Gasteiger charge is -2.11. The van der Waals surface area contributed by atoms with Gasteiger partial charge in [-0.2, -0.15) is 0 Å². The number of thioether (sulfide) groups is 1. The monoisotopic (exact) mass is 369 g/mol. The van der Waals surface area contributed by atoms with Crippen LogP contribution in [0.3, 0.4) is 0 Å². The van der Waals surface area contributed by atoms with Gasteiger partial charge in [-0.05, 0) is 50.2 Å². The highest BCUT2D eigenvalue weighted by atomic mass is 32.2. The molecule has 0 saturated heterocycles. The van der Waals surface area contributed by atoms with Crippen molar-refractivity contribution >= 4 is 40.4 Å². The van der Waals surface area contributed by atoms with Crippen LogP contribution in [0, 0.1) is 0 Å². The molecule has 1 heterocycles. The molecule has 6 nitrogen and oxygen atoms in total. The van der Waals surface area contributed by atoms with E-state index in [1.807, 2.05) is 31.2 Å². The van der Waals surface area contributed by atoms with Crippen molar-refractivity contribution in [3.63, 3.8) is 0 Å². The van der Waals surface area contributed by atoms with Crippen LogP contribution in [0.2, 0.25) is 0 Å². The van der Waals surface area contributed by atoms with Gasteiger partial charge >= 0.3 is 5.97 Å². The number of fused-ring (bicyclic) bond motifs is 1. The number of nitrogens with one attached hydrogen (secondary N) is 2. The molecule has 0 radical (unpaired) electrons. The number of rotatable bonds is 6. The van der Waals surface area contributed by atoms with Gasteiger partial charge in [0.1, 0.15) is 0 Å². The predicted octanol–water partition coefficient (Wildman–Crippen LogP) is 3.86. The van der Waals surface area contributed by atoms with Crippen LogP contribution >= 0.6 is 11.8 Å². The van der Waals surface area contributed by atoms with Crippen molar-refractivity contribution in [3.05, 3.63) is 54.1 Å². The van der Waals surface area contributed by atoms with E-state index in [-0.39, 0.29) is 17.1 Å². The maximum Gasteiger partial charge on any atom is 0.338 e. The number of aromatic nitrogens is 2. The van der Waals surface area contributed by atoms with Gasteiger partial charge in [0.15, 0.2) is 5.16 Å². The van der Waals surface area contributed by atoms with Gasteiger partial charge < -0.3 is 15.0 Å². The Kier molecular flexibility index (Phi) is 5.58. The van der Waals surface area contributed by atoms with E-state index in [0.717, 1.165) is 11.0 Å². The third kappa shape index (κ3) is 4.23. The van der Waals surface area contributed by atoms with Crippen LogP contribution in [-0.2, 0) is 9.53 Å². The fraction of sp³-hybridized carbons (Fsp3) is 0.211. The summed E-state index contributed by atoms with van der Waals surface area (Å²) in [6.45, 7) is 3.90. The molecule has 3 aromatic rings. The number of para-hydroxylation sites is 2. The number of imidazole rings is 1. The Morgan fingerprint density at radius 3 is 2.62 bits per heavy atom. The second kappa shape index (κ2) is 8.05. The molecule has 7 heteroatoms. The summed E-state index contributed by atoms with van der Waals surface area (Å²) in [4.78, 5) is 31.7. The van der Waals surface area contributed by atoms with E-state index in [2.05, 4.69) is 15.3 Å². The first-order chi connectivity index (χ1) is 12.6. The third-order valence-corrected chi connectivity index (χ3v) is 4.67. The van der Waals surface area contributed by atoms with Crippen molar-refractivity contribution in [1.82, 2.24) is 9.97 Å². The average Bonchev–Trinajstić information content (AvgIpc) is 3.04. The molecule has 0 saturated carbocycles. The minimum atomic E-state index is -0.376. The molecule has 134 valence electrons. The summed E-state index contributed by atoms with van der Waals surface area (Å²) in [5.74, 6) is -0.515. The van der Waals surface area contributed by atoms with E-state index in [1.54, 1.807) is 31.2 Å². The van der Waals surface area contributed by atoms with E-state index in [9.17, 15) is 9.59 Å². The summed E-state index contributed by atoms with van der Waals surface area (Å²) in [5.41, 5.74) is 2.89. The standard InChI is InChI=1S/C19H19N3O3S/c1-3-25-18(24)13-8-10-14(11-9-13)20-17(23)12(2)26-19-21-15-6-4-5-7-16(15)22-19/h4-12H,3H2,1-2H3,(H,20,23)(H,21,22).